The third-order valence-corrected chi connectivity index (χ3v) is 5.46. The van der Waals surface area contributed by atoms with Crippen molar-refractivity contribution >= 4 is 17.5 Å². The largest absolute Gasteiger partial charge is 0.416 e. The lowest BCUT2D eigenvalue weighted by molar-refractivity contribution is -0.137. The van der Waals surface area contributed by atoms with Gasteiger partial charge in [-0.1, -0.05) is 35.9 Å². The van der Waals surface area contributed by atoms with Crippen LogP contribution < -0.4 is 5.32 Å². The van der Waals surface area contributed by atoms with Crippen LogP contribution in [-0.2, 0) is 15.7 Å². The summed E-state index contributed by atoms with van der Waals surface area (Å²) in [4.78, 5) is 12.2. The maximum Gasteiger partial charge on any atom is 0.416 e. The molecule has 0 unspecified atom stereocenters. The van der Waals surface area contributed by atoms with E-state index in [2.05, 4.69) is 5.32 Å². The van der Waals surface area contributed by atoms with E-state index in [1.54, 1.807) is 30.3 Å². The van der Waals surface area contributed by atoms with Gasteiger partial charge in [-0.2, -0.15) is 13.2 Å². The molecule has 1 aliphatic rings. The Hall–Kier alpha value is -2.09. The molecule has 0 spiro atoms. The fraction of sp³-hybridized carbons (Fsp3) is 0.409. The van der Waals surface area contributed by atoms with Crippen LogP contribution >= 0.6 is 11.6 Å². The molecule has 1 amide bonds. The van der Waals surface area contributed by atoms with Crippen molar-refractivity contribution in [2.45, 2.75) is 50.1 Å². The molecule has 0 aliphatic carbocycles. The molecule has 1 fully saturated rings. The highest BCUT2D eigenvalue weighted by molar-refractivity contribution is 6.30. The van der Waals surface area contributed by atoms with E-state index in [0.29, 0.717) is 23.4 Å². The molecule has 8 heteroatoms. The number of carbonyl (C=O) groups excluding carboxylic acids is 1. The Morgan fingerprint density at radius 2 is 1.80 bits per heavy atom. The van der Waals surface area contributed by atoms with Crippen molar-refractivity contribution in [1.82, 2.24) is 5.32 Å². The van der Waals surface area contributed by atoms with Gasteiger partial charge in [-0.25, -0.2) is 0 Å². The van der Waals surface area contributed by atoms with Gasteiger partial charge in [-0.15, -0.1) is 0 Å². The molecular formula is C22H23ClF3NO3. The first-order valence-electron chi connectivity index (χ1n) is 9.59. The molecule has 1 heterocycles. The van der Waals surface area contributed by atoms with Crippen molar-refractivity contribution in [3.63, 3.8) is 0 Å². The van der Waals surface area contributed by atoms with E-state index < -0.39 is 29.5 Å². The molecule has 1 aliphatic heterocycles. The molecule has 0 saturated carbocycles. The maximum absolute atomic E-state index is 13.2. The first-order valence-corrected chi connectivity index (χ1v) is 9.97. The van der Waals surface area contributed by atoms with Gasteiger partial charge in [-0.05, 0) is 42.3 Å². The summed E-state index contributed by atoms with van der Waals surface area (Å²) in [7, 11) is 0. The number of carbonyl (C=O) groups is 1. The fourth-order valence-corrected chi connectivity index (χ4v) is 3.91. The van der Waals surface area contributed by atoms with Crippen LogP contribution in [0.5, 0.6) is 0 Å². The standard InChI is InChI=1S/C22H23ClF3NO3/c1-21(27-20(29)9-10-28)12-18(14-5-7-17(23)8-6-14)30-19(13-21)15-3-2-4-16(11-15)22(24,25)26/h2-8,11,18-19,28H,9-10,12-13H2,1H3,(H,27,29)/t18-,19+,21-/m0/s1. The highest BCUT2D eigenvalue weighted by atomic mass is 35.5. The van der Waals surface area contributed by atoms with Crippen molar-refractivity contribution in [2.24, 2.45) is 0 Å². The number of ether oxygens (including phenoxy) is 1. The van der Waals surface area contributed by atoms with E-state index >= 15 is 0 Å². The highest BCUT2D eigenvalue weighted by Gasteiger charge is 2.41. The summed E-state index contributed by atoms with van der Waals surface area (Å²) in [6, 6.07) is 12.1. The number of hydrogen-bond acceptors (Lipinski definition) is 3. The van der Waals surface area contributed by atoms with Crippen LogP contribution in [0.1, 0.15) is 55.1 Å². The lowest BCUT2D eigenvalue weighted by Gasteiger charge is -2.43. The van der Waals surface area contributed by atoms with Gasteiger partial charge >= 0.3 is 6.18 Å². The normalized spacial score (nSPS) is 24.5. The Morgan fingerprint density at radius 1 is 1.17 bits per heavy atom. The Balaban J connectivity index is 1.94. The van der Waals surface area contributed by atoms with Crippen LogP contribution in [0.15, 0.2) is 48.5 Å². The Labute approximate surface area is 178 Å². The van der Waals surface area contributed by atoms with Gasteiger partial charge in [0.25, 0.3) is 0 Å². The minimum absolute atomic E-state index is 0.0454. The summed E-state index contributed by atoms with van der Waals surface area (Å²) >= 11 is 5.97. The molecular weight excluding hydrogens is 419 g/mol. The summed E-state index contributed by atoms with van der Waals surface area (Å²) in [6.07, 6.45) is -4.87. The first-order chi connectivity index (χ1) is 14.1. The molecule has 0 aromatic heterocycles. The van der Waals surface area contributed by atoms with E-state index in [0.717, 1.165) is 17.7 Å². The molecule has 2 aromatic rings. The lowest BCUT2D eigenvalue weighted by Crippen LogP contribution is -2.51. The van der Waals surface area contributed by atoms with E-state index in [9.17, 15) is 18.0 Å². The van der Waals surface area contributed by atoms with Crippen LogP contribution in [0.25, 0.3) is 0 Å². The second kappa shape index (κ2) is 8.96. The van der Waals surface area contributed by atoms with Crippen molar-refractivity contribution in [1.29, 1.82) is 0 Å². The number of nitrogens with one attached hydrogen (secondary N) is 1. The fourth-order valence-electron chi connectivity index (χ4n) is 3.78. The zero-order chi connectivity index (χ0) is 21.9. The number of amides is 1. The van der Waals surface area contributed by atoms with Gasteiger partial charge in [-0.3, -0.25) is 4.79 Å². The third-order valence-electron chi connectivity index (χ3n) is 5.21. The zero-order valence-corrected chi connectivity index (χ0v) is 17.1. The quantitative estimate of drug-likeness (QED) is 0.669. The Kier molecular flexibility index (Phi) is 6.75. The summed E-state index contributed by atoms with van der Waals surface area (Å²) in [5.74, 6) is -0.320. The van der Waals surface area contributed by atoms with Crippen molar-refractivity contribution < 1.29 is 27.8 Å². The number of benzene rings is 2. The SMILES string of the molecule is C[C@]1(NC(=O)CCO)C[C@@H](c2ccc(Cl)cc2)O[C@@H](c2cccc(C(F)(F)F)c2)C1. The van der Waals surface area contributed by atoms with Gasteiger partial charge in [0.2, 0.25) is 5.91 Å². The molecule has 3 rings (SSSR count). The van der Waals surface area contributed by atoms with E-state index in [-0.39, 0.29) is 18.9 Å². The first kappa shape index (κ1) is 22.6. The highest BCUT2D eigenvalue weighted by Crippen LogP contribution is 2.44. The van der Waals surface area contributed by atoms with E-state index in [1.807, 2.05) is 6.92 Å². The minimum atomic E-state index is -4.46. The summed E-state index contributed by atoms with van der Waals surface area (Å²) in [6.45, 7) is 1.56. The second-order valence-corrected chi connectivity index (χ2v) is 8.22. The van der Waals surface area contributed by atoms with Gasteiger partial charge in [0, 0.05) is 29.8 Å². The zero-order valence-electron chi connectivity index (χ0n) is 16.4. The molecule has 0 bridgehead atoms. The topological polar surface area (TPSA) is 58.6 Å². The molecule has 3 atom stereocenters. The van der Waals surface area contributed by atoms with Gasteiger partial charge < -0.3 is 15.2 Å². The predicted octanol–water partition coefficient (Wildman–Crippen LogP) is 5.21. The number of aliphatic hydroxyl groups excluding tert-OH is 1. The summed E-state index contributed by atoms with van der Waals surface area (Å²) < 4.78 is 45.8. The van der Waals surface area contributed by atoms with Gasteiger partial charge in [0.15, 0.2) is 0 Å². The van der Waals surface area contributed by atoms with Gasteiger partial charge in [0.1, 0.15) is 0 Å². The van der Waals surface area contributed by atoms with Gasteiger partial charge in [0.05, 0.1) is 24.4 Å². The average molecular weight is 442 g/mol. The molecule has 30 heavy (non-hydrogen) atoms. The number of alkyl halides is 3. The van der Waals surface area contributed by atoms with Crippen LogP contribution in [0.3, 0.4) is 0 Å². The molecule has 4 nitrogen and oxygen atoms in total. The Morgan fingerprint density at radius 3 is 2.40 bits per heavy atom. The van der Waals surface area contributed by atoms with Crippen LogP contribution in [0.2, 0.25) is 5.02 Å². The van der Waals surface area contributed by atoms with Crippen molar-refractivity contribution in [3.05, 3.63) is 70.2 Å². The predicted molar refractivity (Wildman–Crippen MR) is 107 cm³/mol. The van der Waals surface area contributed by atoms with Crippen molar-refractivity contribution in [3.8, 4) is 0 Å². The maximum atomic E-state index is 13.2. The molecule has 2 aromatic carbocycles. The van der Waals surface area contributed by atoms with E-state index in [1.165, 1.54) is 6.07 Å². The molecule has 1 saturated heterocycles. The smallest absolute Gasteiger partial charge is 0.396 e. The molecule has 162 valence electrons. The minimum Gasteiger partial charge on any atom is -0.396 e. The van der Waals surface area contributed by atoms with E-state index in [4.69, 9.17) is 21.4 Å². The molecule has 2 N–H and O–H groups in total. The summed E-state index contributed by atoms with van der Waals surface area (Å²) in [5.41, 5.74) is -0.263. The number of rotatable bonds is 5. The summed E-state index contributed by atoms with van der Waals surface area (Å²) in [5, 5.41) is 12.5. The lowest BCUT2D eigenvalue weighted by atomic mass is 9.81. The molecule has 0 radical (unpaired) electrons. The monoisotopic (exact) mass is 441 g/mol. The Bertz CT molecular complexity index is 888. The van der Waals surface area contributed by atoms with Crippen LogP contribution in [0, 0.1) is 0 Å². The third kappa shape index (κ3) is 5.53. The number of aliphatic hydroxyl groups is 1. The van der Waals surface area contributed by atoms with Crippen molar-refractivity contribution in [2.75, 3.05) is 6.61 Å². The number of hydrogen-bond donors (Lipinski definition) is 2. The van der Waals surface area contributed by atoms with Crippen LogP contribution in [-0.4, -0.2) is 23.2 Å². The number of halogens is 4. The average Bonchev–Trinajstić information content (AvgIpc) is 2.67. The second-order valence-electron chi connectivity index (χ2n) is 7.78. The van der Waals surface area contributed by atoms with Crippen LogP contribution in [0.4, 0.5) is 13.2 Å².